The minimum atomic E-state index is -0.908. The SMILES string of the molecule is CC[C@H](C)[C@@H]([C@@H](CC(=O)O)OC)N(C)C(=O)CC(C)C. The molecule has 0 unspecified atom stereocenters. The summed E-state index contributed by atoms with van der Waals surface area (Å²) in [4.78, 5) is 24.9. The highest BCUT2D eigenvalue weighted by atomic mass is 16.5. The Labute approximate surface area is 122 Å². The van der Waals surface area contributed by atoms with E-state index in [2.05, 4.69) is 0 Å². The molecule has 0 saturated heterocycles. The van der Waals surface area contributed by atoms with Crippen molar-refractivity contribution in [3.63, 3.8) is 0 Å². The number of carboxylic acid groups (broad SMARTS) is 1. The van der Waals surface area contributed by atoms with Crippen LogP contribution in [0.3, 0.4) is 0 Å². The molecule has 0 saturated carbocycles. The topological polar surface area (TPSA) is 66.8 Å². The third-order valence-corrected chi connectivity index (χ3v) is 3.71. The van der Waals surface area contributed by atoms with E-state index >= 15 is 0 Å². The summed E-state index contributed by atoms with van der Waals surface area (Å²) in [6.07, 6.45) is 0.754. The molecule has 0 radical (unpaired) electrons. The van der Waals surface area contributed by atoms with E-state index in [1.165, 1.54) is 7.11 Å². The summed E-state index contributed by atoms with van der Waals surface area (Å²) in [5, 5.41) is 9.00. The first-order chi connectivity index (χ1) is 9.24. The van der Waals surface area contributed by atoms with E-state index in [0.29, 0.717) is 6.42 Å². The van der Waals surface area contributed by atoms with Gasteiger partial charge in [0.2, 0.25) is 5.91 Å². The number of hydrogen-bond donors (Lipinski definition) is 1. The van der Waals surface area contributed by atoms with E-state index in [4.69, 9.17) is 9.84 Å². The second kappa shape index (κ2) is 8.95. The highest BCUT2D eigenvalue weighted by Crippen LogP contribution is 2.22. The predicted molar refractivity (Wildman–Crippen MR) is 78.5 cm³/mol. The summed E-state index contributed by atoms with van der Waals surface area (Å²) in [6, 6.07) is -0.215. The summed E-state index contributed by atoms with van der Waals surface area (Å²) in [6.45, 7) is 8.05. The lowest BCUT2D eigenvalue weighted by atomic mass is 9.90. The van der Waals surface area contributed by atoms with Crippen LogP contribution in [0.1, 0.15) is 47.0 Å². The normalized spacial score (nSPS) is 15.8. The van der Waals surface area contributed by atoms with Crippen LogP contribution in [0.5, 0.6) is 0 Å². The zero-order valence-electron chi connectivity index (χ0n) is 13.5. The number of amides is 1. The van der Waals surface area contributed by atoms with Crippen LogP contribution in [-0.4, -0.2) is 48.2 Å². The molecule has 118 valence electrons. The number of carbonyl (C=O) groups is 2. The second-order valence-corrected chi connectivity index (χ2v) is 5.85. The van der Waals surface area contributed by atoms with Crippen molar-refractivity contribution in [3.05, 3.63) is 0 Å². The zero-order valence-corrected chi connectivity index (χ0v) is 13.5. The molecule has 0 aromatic rings. The van der Waals surface area contributed by atoms with E-state index in [9.17, 15) is 9.59 Å². The van der Waals surface area contributed by atoms with Crippen molar-refractivity contribution in [2.45, 2.75) is 59.1 Å². The van der Waals surface area contributed by atoms with Crippen LogP contribution in [0.4, 0.5) is 0 Å². The van der Waals surface area contributed by atoms with Crippen LogP contribution in [0.25, 0.3) is 0 Å². The highest BCUT2D eigenvalue weighted by Gasteiger charge is 2.33. The number of hydrogen-bond acceptors (Lipinski definition) is 3. The maximum absolute atomic E-state index is 12.2. The smallest absolute Gasteiger partial charge is 0.306 e. The number of carboxylic acids is 1. The van der Waals surface area contributed by atoms with Gasteiger partial charge in [-0.05, 0) is 11.8 Å². The standard InChI is InChI=1S/C15H29NO4/c1-7-11(4)15(12(20-6)9-14(18)19)16(5)13(17)8-10(2)3/h10-12,15H,7-9H2,1-6H3,(H,18,19)/t11-,12+,15-/m0/s1. The van der Waals surface area contributed by atoms with Crippen LogP contribution < -0.4 is 0 Å². The Hall–Kier alpha value is -1.10. The average Bonchev–Trinajstić information content (AvgIpc) is 2.35. The van der Waals surface area contributed by atoms with Crippen LogP contribution in [0.15, 0.2) is 0 Å². The summed E-state index contributed by atoms with van der Waals surface area (Å²) in [7, 11) is 3.25. The van der Waals surface area contributed by atoms with Gasteiger partial charge in [-0.25, -0.2) is 0 Å². The van der Waals surface area contributed by atoms with Gasteiger partial charge in [0.25, 0.3) is 0 Å². The zero-order chi connectivity index (χ0) is 15.9. The maximum atomic E-state index is 12.2. The molecule has 0 spiro atoms. The first-order valence-electron chi connectivity index (χ1n) is 7.24. The molecule has 0 fully saturated rings. The van der Waals surface area contributed by atoms with Gasteiger partial charge in [-0.3, -0.25) is 9.59 Å². The molecule has 0 aromatic heterocycles. The van der Waals surface area contributed by atoms with Gasteiger partial charge in [-0.15, -0.1) is 0 Å². The Balaban J connectivity index is 5.11. The Kier molecular flexibility index (Phi) is 8.46. The van der Waals surface area contributed by atoms with Crippen molar-refractivity contribution in [2.24, 2.45) is 11.8 Å². The van der Waals surface area contributed by atoms with Gasteiger partial charge in [-0.1, -0.05) is 34.1 Å². The van der Waals surface area contributed by atoms with Crippen molar-refractivity contribution in [3.8, 4) is 0 Å². The molecule has 5 nitrogen and oxygen atoms in total. The molecule has 1 amide bonds. The number of rotatable bonds is 9. The number of methoxy groups -OCH3 is 1. The molecular formula is C15H29NO4. The van der Waals surface area contributed by atoms with E-state index in [0.717, 1.165) is 6.42 Å². The van der Waals surface area contributed by atoms with E-state index in [1.807, 2.05) is 27.7 Å². The fourth-order valence-electron chi connectivity index (χ4n) is 2.41. The van der Waals surface area contributed by atoms with Gasteiger partial charge in [0.05, 0.1) is 18.6 Å². The molecule has 0 aliphatic heterocycles. The van der Waals surface area contributed by atoms with Gasteiger partial charge in [0, 0.05) is 20.6 Å². The number of aliphatic carboxylic acids is 1. The molecule has 0 aliphatic rings. The minimum absolute atomic E-state index is 0.0396. The third kappa shape index (κ3) is 5.90. The van der Waals surface area contributed by atoms with Crippen molar-refractivity contribution in [1.29, 1.82) is 0 Å². The summed E-state index contributed by atoms with van der Waals surface area (Å²) in [5.74, 6) is -0.406. The minimum Gasteiger partial charge on any atom is -0.481 e. The maximum Gasteiger partial charge on any atom is 0.306 e. The Morgan fingerprint density at radius 2 is 1.75 bits per heavy atom. The summed E-state index contributed by atoms with van der Waals surface area (Å²) in [5.41, 5.74) is 0. The number of carbonyl (C=O) groups excluding carboxylic acids is 1. The highest BCUT2D eigenvalue weighted by molar-refractivity contribution is 5.76. The lowest BCUT2D eigenvalue weighted by Crippen LogP contribution is -2.50. The molecule has 0 rings (SSSR count). The van der Waals surface area contributed by atoms with Crippen molar-refractivity contribution in [1.82, 2.24) is 4.90 Å². The quantitative estimate of drug-likeness (QED) is 0.707. The first kappa shape index (κ1) is 18.9. The first-order valence-corrected chi connectivity index (χ1v) is 7.24. The van der Waals surface area contributed by atoms with Crippen molar-refractivity contribution >= 4 is 11.9 Å². The van der Waals surface area contributed by atoms with Crippen LogP contribution in [0, 0.1) is 11.8 Å². The summed E-state index contributed by atoms with van der Waals surface area (Å²) >= 11 is 0. The fourth-order valence-corrected chi connectivity index (χ4v) is 2.41. The lowest BCUT2D eigenvalue weighted by Gasteiger charge is -2.37. The van der Waals surface area contributed by atoms with Gasteiger partial charge in [-0.2, -0.15) is 0 Å². The Bertz CT molecular complexity index is 317. The molecule has 0 bridgehead atoms. The van der Waals surface area contributed by atoms with E-state index in [1.54, 1.807) is 11.9 Å². The number of likely N-dealkylation sites (N-methyl/N-ethyl adjacent to an activating group) is 1. The molecule has 0 aromatic carbocycles. The van der Waals surface area contributed by atoms with Gasteiger partial charge in [0.1, 0.15) is 0 Å². The third-order valence-electron chi connectivity index (χ3n) is 3.71. The Morgan fingerprint density at radius 1 is 1.20 bits per heavy atom. The molecule has 3 atom stereocenters. The van der Waals surface area contributed by atoms with Gasteiger partial charge < -0.3 is 14.7 Å². The summed E-state index contributed by atoms with van der Waals surface area (Å²) < 4.78 is 5.35. The molecule has 5 heteroatoms. The van der Waals surface area contributed by atoms with Crippen molar-refractivity contribution < 1.29 is 19.4 Å². The second-order valence-electron chi connectivity index (χ2n) is 5.85. The molecule has 0 heterocycles. The molecular weight excluding hydrogens is 258 g/mol. The Morgan fingerprint density at radius 3 is 2.10 bits per heavy atom. The fraction of sp³-hybridized carbons (Fsp3) is 0.867. The largest absolute Gasteiger partial charge is 0.481 e. The monoisotopic (exact) mass is 287 g/mol. The number of ether oxygens (including phenoxy) is 1. The molecule has 0 aliphatic carbocycles. The van der Waals surface area contributed by atoms with Crippen LogP contribution >= 0.6 is 0 Å². The van der Waals surface area contributed by atoms with E-state index < -0.39 is 12.1 Å². The lowest BCUT2D eigenvalue weighted by molar-refractivity contribution is -0.146. The average molecular weight is 287 g/mol. The van der Waals surface area contributed by atoms with Crippen molar-refractivity contribution in [2.75, 3.05) is 14.2 Å². The number of nitrogens with zero attached hydrogens (tertiary/aromatic N) is 1. The molecule has 20 heavy (non-hydrogen) atoms. The van der Waals surface area contributed by atoms with E-state index in [-0.39, 0.29) is 30.2 Å². The molecule has 1 N–H and O–H groups in total. The van der Waals surface area contributed by atoms with Crippen LogP contribution in [0.2, 0.25) is 0 Å². The van der Waals surface area contributed by atoms with Crippen LogP contribution in [-0.2, 0) is 14.3 Å². The van der Waals surface area contributed by atoms with Gasteiger partial charge in [0.15, 0.2) is 0 Å². The van der Waals surface area contributed by atoms with Gasteiger partial charge >= 0.3 is 5.97 Å². The predicted octanol–water partition coefficient (Wildman–Crippen LogP) is 2.40.